The Morgan fingerprint density at radius 2 is 1.76 bits per heavy atom. The number of benzene rings is 2. The van der Waals surface area contributed by atoms with E-state index < -0.39 is 0 Å². The van der Waals surface area contributed by atoms with Gasteiger partial charge in [0.2, 0.25) is 11.8 Å². The number of rotatable bonds is 10. The van der Waals surface area contributed by atoms with Crippen LogP contribution < -0.4 is 15.0 Å². The number of ether oxygens (including phenoxy) is 1. The molecule has 152 valence electrons. The Morgan fingerprint density at radius 1 is 1.07 bits per heavy atom. The van der Waals surface area contributed by atoms with E-state index in [2.05, 4.69) is 11.4 Å². The summed E-state index contributed by atoms with van der Waals surface area (Å²) in [5.41, 5.74) is 1.41. The molecule has 0 heterocycles. The molecule has 7 nitrogen and oxygen atoms in total. The summed E-state index contributed by atoms with van der Waals surface area (Å²) < 4.78 is 5.10. The van der Waals surface area contributed by atoms with Crippen LogP contribution in [0.3, 0.4) is 0 Å². The number of hydrogen-bond acceptors (Lipinski definition) is 5. The van der Waals surface area contributed by atoms with Crippen molar-refractivity contribution in [3.05, 3.63) is 54.6 Å². The molecule has 0 aromatic heterocycles. The number of para-hydroxylation sites is 1. The van der Waals surface area contributed by atoms with Gasteiger partial charge in [0.15, 0.2) is 0 Å². The zero-order valence-corrected chi connectivity index (χ0v) is 16.8. The van der Waals surface area contributed by atoms with E-state index in [4.69, 9.17) is 10.00 Å². The van der Waals surface area contributed by atoms with Gasteiger partial charge in [0.25, 0.3) is 0 Å². The smallest absolute Gasteiger partial charge is 0.241 e. The second kappa shape index (κ2) is 11.5. The van der Waals surface area contributed by atoms with Crippen LogP contribution >= 0.6 is 0 Å². The quantitative estimate of drug-likeness (QED) is 0.670. The molecule has 2 aromatic carbocycles. The summed E-state index contributed by atoms with van der Waals surface area (Å²) in [6.45, 7) is 2.94. The van der Waals surface area contributed by atoms with Gasteiger partial charge in [-0.05, 0) is 42.9 Å². The Morgan fingerprint density at radius 3 is 2.34 bits per heavy atom. The Balaban J connectivity index is 1.97. The number of hydrogen-bond donors (Lipinski definition) is 1. The van der Waals surface area contributed by atoms with Crippen molar-refractivity contribution in [2.45, 2.75) is 13.3 Å². The van der Waals surface area contributed by atoms with Crippen molar-refractivity contribution in [3.63, 3.8) is 0 Å². The number of carbonyl (C=O) groups is 2. The molecule has 0 atom stereocenters. The molecule has 0 saturated carbocycles. The maximum absolute atomic E-state index is 12.9. The fraction of sp³-hybridized carbons (Fsp3) is 0.318. The zero-order chi connectivity index (χ0) is 21.1. The molecular weight excluding hydrogens is 368 g/mol. The molecule has 7 heteroatoms. The molecule has 0 aliphatic heterocycles. The van der Waals surface area contributed by atoms with Crippen molar-refractivity contribution in [2.75, 3.05) is 43.5 Å². The number of anilines is 2. The summed E-state index contributed by atoms with van der Waals surface area (Å²) in [6.07, 6.45) is 0.241. The van der Waals surface area contributed by atoms with E-state index in [1.54, 1.807) is 41.2 Å². The second-order valence-corrected chi connectivity index (χ2v) is 6.37. The maximum atomic E-state index is 12.9. The molecule has 1 N–H and O–H groups in total. The van der Waals surface area contributed by atoms with Crippen molar-refractivity contribution in [1.29, 1.82) is 5.26 Å². The number of nitrogens with zero attached hydrogens (tertiary/aromatic N) is 3. The average molecular weight is 394 g/mol. The van der Waals surface area contributed by atoms with E-state index in [0.29, 0.717) is 24.5 Å². The minimum Gasteiger partial charge on any atom is -0.497 e. The minimum atomic E-state index is -0.201. The van der Waals surface area contributed by atoms with Gasteiger partial charge in [-0.3, -0.25) is 14.5 Å². The number of amides is 2. The van der Waals surface area contributed by atoms with Crippen molar-refractivity contribution < 1.29 is 14.3 Å². The van der Waals surface area contributed by atoms with Crippen LogP contribution in [-0.2, 0) is 9.59 Å². The van der Waals surface area contributed by atoms with Crippen molar-refractivity contribution in [1.82, 2.24) is 4.90 Å². The first kappa shape index (κ1) is 21.9. The summed E-state index contributed by atoms with van der Waals surface area (Å²) in [4.78, 5) is 28.6. The maximum Gasteiger partial charge on any atom is 0.241 e. The molecule has 0 unspecified atom stereocenters. The number of nitrogens with one attached hydrogen (secondary N) is 1. The van der Waals surface area contributed by atoms with Gasteiger partial charge in [-0.15, -0.1) is 0 Å². The van der Waals surface area contributed by atoms with E-state index in [0.717, 1.165) is 5.69 Å². The highest BCUT2D eigenvalue weighted by molar-refractivity contribution is 5.96. The fourth-order valence-corrected chi connectivity index (χ4v) is 2.80. The largest absolute Gasteiger partial charge is 0.497 e. The van der Waals surface area contributed by atoms with E-state index in [9.17, 15) is 9.59 Å². The molecular formula is C22H26N4O3. The lowest BCUT2D eigenvalue weighted by atomic mass is 10.2. The summed E-state index contributed by atoms with van der Waals surface area (Å²) in [5.74, 6) is 0.362. The zero-order valence-electron chi connectivity index (χ0n) is 16.8. The molecule has 0 aliphatic carbocycles. The molecule has 0 saturated heterocycles. The van der Waals surface area contributed by atoms with Crippen LogP contribution in [0.1, 0.15) is 13.3 Å². The Labute approximate surface area is 171 Å². The van der Waals surface area contributed by atoms with Crippen LogP contribution in [-0.4, -0.2) is 50.0 Å². The molecule has 0 bridgehead atoms. The van der Waals surface area contributed by atoms with Crippen LogP contribution in [0.25, 0.3) is 0 Å². The lowest BCUT2D eigenvalue weighted by molar-refractivity contribution is -0.121. The van der Waals surface area contributed by atoms with Crippen molar-refractivity contribution in [2.24, 2.45) is 0 Å². The van der Waals surface area contributed by atoms with Crippen molar-refractivity contribution >= 4 is 23.2 Å². The van der Waals surface area contributed by atoms with E-state index >= 15 is 0 Å². The van der Waals surface area contributed by atoms with Crippen LogP contribution in [0.15, 0.2) is 54.6 Å². The van der Waals surface area contributed by atoms with Gasteiger partial charge in [-0.1, -0.05) is 25.1 Å². The van der Waals surface area contributed by atoms with Gasteiger partial charge < -0.3 is 15.0 Å². The van der Waals surface area contributed by atoms with Crippen LogP contribution in [0.2, 0.25) is 0 Å². The monoisotopic (exact) mass is 394 g/mol. The highest BCUT2D eigenvalue weighted by atomic mass is 16.5. The van der Waals surface area contributed by atoms with E-state index in [-0.39, 0.29) is 31.3 Å². The Kier molecular flexibility index (Phi) is 8.67. The second-order valence-electron chi connectivity index (χ2n) is 6.37. The number of methoxy groups -OCH3 is 1. The molecule has 0 radical (unpaired) electrons. The number of carbonyl (C=O) groups excluding carboxylic acids is 2. The Hall–Kier alpha value is -3.37. The third-order valence-electron chi connectivity index (χ3n) is 4.36. The normalized spacial score (nSPS) is 10.3. The average Bonchev–Trinajstić information content (AvgIpc) is 2.74. The summed E-state index contributed by atoms with van der Waals surface area (Å²) in [5, 5.41) is 11.7. The van der Waals surface area contributed by atoms with Crippen LogP contribution in [0, 0.1) is 11.3 Å². The lowest BCUT2D eigenvalue weighted by Gasteiger charge is -2.26. The first-order valence-corrected chi connectivity index (χ1v) is 9.46. The predicted molar refractivity (Wildman–Crippen MR) is 113 cm³/mol. The van der Waals surface area contributed by atoms with Gasteiger partial charge in [0, 0.05) is 17.9 Å². The topological polar surface area (TPSA) is 85.7 Å². The summed E-state index contributed by atoms with van der Waals surface area (Å²) >= 11 is 0. The molecule has 29 heavy (non-hydrogen) atoms. The number of nitriles is 1. The SMILES string of the molecule is CCN(CC(=O)Nc1ccc(OC)cc1)CC(=O)N(CCC#N)c1ccccc1. The lowest BCUT2D eigenvalue weighted by Crippen LogP contribution is -2.43. The summed E-state index contributed by atoms with van der Waals surface area (Å²) in [6, 6.07) is 18.4. The fourth-order valence-electron chi connectivity index (χ4n) is 2.80. The van der Waals surface area contributed by atoms with E-state index in [1.165, 1.54) is 0 Å². The minimum absolute atomic E-state index is 0.0901. The molecule has 2 rings (SSSR count). The van der Waals surface area contributed by atoms with Gasteiger partial charge >= 0.3 is 0 Å². The third kappa shape index (κ3) is 6.94. The molecule has 0 spiro atoms. The van der Waals surface area contributed by atoms with Crippen LogP contribution in [0.5, 0.6) is 5.75 Å². The molecule has 0 aliphatic rings. The standard InChI is InChI=1S/C22H26N4O3/c1-3-25(16-21(27)24-18-10-12-20(29-2)13-11-18)17-22(28)26(15-7-14-23)19-8-5-4-6-9-19/h4-6,8-13H,3,7,15-17H2,1-2H3,(H,24,27). The van der Waals surface area contributed by atoms with Gasteiger partial charge in [0.1, 0.15) is 5.75 Å². The highest BCUT2D eigenvalue weighted by Crippen LogP contribution is 2.16. The third-order valence-corrected chi connectivity index (χ3v) is 4.36. The molecule has 0 fully saturated rings. The number of likely N-dealkylation sites (N-methyl/N-ethyl adjacent to an activating group) is 1. The van der Waals surface area contributed by atoms with Gasteiger partial charge in [0.05, 0.1) is 32.7 Å². The van der Waals surface area contributed by atoms with Gasteiger partial charge in [-0.2, -0.15) is 5.26 Å². The Bertz CT molecular complexity index is 831. The summed E-state index contributed by atoms with van der Waals surface area (Å²) in [7, 11) is 1.58. The first-order chi connectivity index (χ1) is 14.1. The first-order valence-electron chi connectivity index (χ1n) is 9.46. The highest BCUT2D eigenvalue weighted by Gasteiger charge is 2.19. The van der Waals surface area contributed by atoms with Crippen molar-refractivity contribution in [3.8, 4) is 11.8 Å². The molecule has 2 aromatic rings. The molecule has 2 amide bonds. The van der Waals surface area contributed by atoms with Crippen LogP contribution in [0.4, 0.5) is 11.4 Å². The predicted octanol–water partition coefficient (Wildman–Crippen LogP) is 2.90. The van der Waals surface area contributed by atoms with Gasteiger partial charge in [-0.25, -0.2) is 0 Å². The van der Waals surface area contributed by atoms with E-state index in [1.807, 2.05) is 37.3 Å².